The molecule has 1 spiro atoms. The van der Waals surface area contributed by atoms with E-state index >= 15 is 0 Å². The van der Waals surface area contributed by atoms with E-state index in [9.17, 15) is 9.59 Å². The first-order valence-electron chi connectivity index (χ1n) is 13.4. The maximum absolute atomic E-state index is 13.8. The third kappa shape index (κ3) is 4.74. The molecule has 5 rings (SSSR count). The maximum Gasteiger partial charge on any atom is 0.254 e. The number of hydrogen-bond donors (Lipinski definition) is 1. The molecule has 2 aromatic carbocycles. The molecule has 1 N–H and O–H groups in total. The molecule has 3 fully saturated rings. The molecule has 0 bridgehead atoms. The van der Waals surface area contributed by atoms with Crippen LogP contribution in [0.4, 0.5) is 5.69 Å². The summed E-state index contributed by atoms with van der Waals surface area (Å²) in [6, 6.07) is 16.1. The van der Waals surface area contributed by atoms with Crippen LogP contribution in [0.5, 0.6) is 0 Å². The number of nitrogens with one attached hydrogen (secondary N) is 1. The lowest BCUT2D eigenvalue weighted by molar-refractivity contribution is -0.139. The van der Waals surface area contributed by atoms with Gasteiger partial charge >= 0.3 is 0 Å². The van der Waals surface area contributed by atoms with Gasteiger partial charge < -0.3 is 15.1 Å². The van der Waals surface area contributed by atoms with Gasteiger partial charge in [-0.2, -0.15) is 0 Å². The molecule has 1 aliphatic heterocycles. The highest BCUT2D eigenvalue weighted by Gasteiger charge is 2.55. The zero-order valence-electron chi connectivity index (χ0n) is 21.6. The molecule has 2 aromatic rings. The first-order chi connectivity index (χ1) is 17.3. The number of halogens is 1. The van der Waals surface area contributed by atoms with Crippen molar-refractivity contribution in [2.24, 2.45) is 11.3 Å². The van der Waals surface area contributed by atoms with Crippen LogP contribution in [0.2, 0.25) is 5.02 Å². The average Bonchev–Trinajstić information content (AvgIpc) is 3.31. The highest BCUT2D eigenvalue weighted by atomic mass is 35.5. The summed E-state index contributed by atoms with van der Waals surface area (Å²) < 4.78 is 0. The molecule has 0 unspecified atom stereocenters. The van der Waals surface area contributed by atoms with E-state index in [-0.39, 0.29) is 11.3 Å². The van der Waals surface area contributed by atoms with Crippen LogP contribution in [0.1, 0.15) is 67.3 Å². The van der Waals surface area contributed by atoms with E-state index in [0.29, 0.717) is 21.9 Å². The molecule has 5 nitrogen and oxygen atoms in total. The number of amides is 2. The predicted molar refractivity (Wildman–Crippen MR) is 146 cm³/mol. The fourth-order valence-electron chi connectivity index (χ4n) is 6.70. The first-order valence-corrected chi connectivity index (χ1v) is 13.8. The third-order valence-corrected chi connectivity index (χ3v) is 9.34. The normalized spacial score (nSPS) is 21.9. The monoisotopic (exact) mass is 507 g/mol. The largest absolute Gasteiger partial charge is 0.385 e. The van der Waals surface area contributed by atoms with Gasteiger partial charge in [0, 0.05) is 39.4 Å². The van der Waals surface area contributed by atoms with Crippen molar-refractivity contribution < 1.29 is 9.59 Å². The minimum absolute atomic E-state index is 0.0843. The van der Waals surface area contributed by atoms with Crippen LogP contribution >= 0.6 is 11.6 Å². The van der Waals surface area contributed by atoms with Gasteiger partial charge in [-0.1, -0.05) is 54.8 Å². The molecular weight excluding hydrogens is 470 g/mol. The van der Waals surface area contributed by atoms with Crippen LogP contribution < -0.4 is 5.32 Å². The number of likely N-dealkylation sites (tertiary alicyclic amines) is 1. The topological polar surface area (TPSA) is 52.7 Å². The number of piperidine rings is 1. The van der Waals surface area contributed by atoms with Gasteiger partial charge in [-0.15, -0.1) is 0 Å². The molecule has 1 heterocycles. The van der Waals surface area contributed by atoms with E-state index in [4.69, 9.17) is 11.6 Å². The second-order valence-corrected chi connectivity index (χ2v) is 11.7. The van der Waals surface area contributed by atoms with Crippen LogP contribution in [0.3, 0.4) is 0 Å². The molecule has 192 valence electrons. The molecule has 0 aromatic heterocycles. The number of rotatable bonds is 7. The lowest BCUT2D eigenvalue weighted by Gasteiger charge is -2.39. The summed E-state index contributed by atoms with van der Waals surface area (Å²) in [6.07, 6.45) is 8.92. The summed E-state index contributed by atoms with van der Waals surface area (Å²) in [6.45, 7) is 2.69. The van der Waals surface area contributed by atoms with Gasteiger partial charge in [0.25, 0.3) is 5.91 Å². The number of benzene rings is 2. The van der Waals surface area contributed by atoms with Crippen molar-refractivity contribution in [2.75, 3.05) is 39.0 Å². The van der Waals surface area contributed by atoms with Crippen molar-refractivity contribution in [2.45, 2.75) is 56.8 Å². The second-order valence-electron chi connectivity index (χ2n) is 11.3. The molecule has 1 atom stereocenters. The molecule has 36 heavy (non-hydrogen) atoms. The van der Waals surface area contributed by atoms with Crippen molar-refractivity contribution in [1.82, 2.24) is 9.80 Å². The van der Waals surface area contributed by atoms with Crippen molar-refractivity contribution in [3.8, 4) is 0 Å². The molecule has 1 saturated heterocycles. The lowest BCUT2D eigenvalue weighted by atomic mass is 9.76. The number of carbonyl (C=O) groups is 2. The first kappa shape index (κ1) is 25.1. The molecular formula is C30H38ClN3O2. The van der Waals surface area contributed by atoms with Gasteiger partial charge in [-0.05, 0) is 73.6 Å². The number of hydrogen-bond acceptors (Lipinski definition) is 3. The number of anilines is 1. The third-order valence-electron chi connectivity index (χ3n) is 9.03. The standard InChI is InChI=1S/C30H38ClN3O2/c1-33(2)27(35)25-11-10-24(20-26(25)31)32-17-12-23-21-29(23)15-18-34(19-16-29)28(36)30(13-6-7-14-30)22-8-4-3-5-9-22/h3-5,8-11,20,23,32H,6-7,12-19,21H2,1-2H3/t23-/m1/s1. The lowest BCUT2D eigenvalue weighted by Crippen LogP contribution is -2.49. The fourth-order valence-corrected chi connectivity index (χ4v) is 6.96. The average molecular weight is 508 g/mol. The Morgan fingerprint density at radius 2 is 1.72 bits per heavy atom. The molecule has 2 saturated carbocycles. The highest BCUT2D eigenvalue weighted by molar-refractivity contribution is 6.34. The van der Waals surface area contributed by atoms with Gasteiger partial charge in [0.05, 0.1) is 16.0 Å². The van der Waals surface area contributed by atoms with Gasteiger partial charge in [0.2, 0.25) is 5.91 Å². The Bertz CT molecular complexity index is 1100. The Morgan fingerprint density at radius 1 is 1.03 bits per heavy atom. The van der Waals surface area contributed by atoms with E-state index in [2.05, 4.69) is 34.5 Å². The van der Waals surface area contributed by atoms with Crippen molar-refractivity contribution in [3.05, 3.63) is 64.7 Å². The molecule has 2 amide bonds. The summed E-state index contributed by atoms with van der Waals surface area (Å²) in [5.41, 5.74) is 2.82. The number of nitrogens with zero attached hydrogens (tertiary/aromatic N) is 2. The SMILES string of the molecule is CN(C)C(=O)c1ccc(NCC[C@@H]2CC23CCN(C(=O)C2(c4ccccc4)CCCC2)CC3)cc1Cl. The number of carbonyl (C=O) groups excluding carboxylic acids is 2. The Hall–Kier alpha value is -2.53. The second kappa shape index (κ2) is 10.1. The summed E-state index contributed by atoms with van der Waals surface area (Å²) in [4.78, 5) is 29.7. The minimum atomic E-state index is -0.299. The molecule has 2 aliphatic carbocycles. The molecule has 3 aliphatic rings. The van der Waals surface area contributed by atoms with Crippen molar-refractivity contribution in [3.63, 3.8) is 0 Å². The van der Waals surface area contributed by atoms with E-state index in [1.54, 1.807) is 20.2 Å². The van der Waals surface area contributed by atoms with Crippen molar-refractivity contribution in [1.29, 1.82) is 0 Å². The van der Waals surface area contributed by atoms with Crippen LogP contribution in [0.15, 0.2) is 48.5 Å². The zero-order chi connectivity index (χ0) is 25.3. The summed E-state index contributed by atoms with van der Waals surface area (Å²) >= 11 is 6.35. The minimum Gasteiger partial charge on any atom is -0.385 e. The van der Waals surface area contributed by atoms with Crippen molar-refractivity contribution >= 4 is 29.1 Å². The molecule has 0 radical (unpaired) electrons. The van der Waals surface area contributed by atoms with Gasteiger partial charge in [-0.3, -0.25) is 9.59 Å². The smallest absolute Gasteiger partial charge is 0.254 e. The Labute approximate surface area is 220 Å². The fraction of sp³-hybridized carbons (Fsp3) is 0.533. The maximum atomic E-state index is 13.8. The molecule has 6 heteroatoms. The Kier molecular flexibility index (Phi) is 7.04. The van der Waals surface area contributed by atoms with E-state index < -0.39 is 0 Å². The Morgan fingerprint density at radius 3 is 2.36 bits per heavy atom. The van der Waals surface area contributed by atoms with Gasteiger partial charge in [0.15, 0.2) is 0 Å². The van der Waals surface area contributed by atoms with E-state index in [0.717, 1.165) is 76.2 Å². The summed E-state index contributed by atoms with van der Waals surface area (Å²) in [5.74, 6) is 1.01. The van der Waals surface area contributed by atoms with Gasteiger partial charge in [0.1, 0.15) is 0 Å². The Balaban J connectivity index is 1.12. The zero-order valence-corrected chi connectivity index (χ0v) is 22.3. The van der Waals surface area contributed by atoms with Gasteiger partial charge in [-0.25, -0.2) is 0 Å². The van der Waals surface area contributed by atoms with Crippen LogP contribution in [0.25, 0.3) is 0 Å². The van der Waals surface area contributed by atoms with Crippen LogP contribution in [-0.4, -0.2) is 55.3 Å². The van der Waals surface area contributed by atoms with Crippen LogP contribution in [0, 0.1) is 11.3 Å². The van der Waals surface area contributed by atoms with E-state index in [1.807, 2.05) is 18.2 Å². The summed E-state index contributed by atoms with van der Waals surface area (Å²) in [7, 11) is 3.46. The van der Waals surface area contributed by atoms with E-state index in [1.165, 1.54) is 16.9 Å². The predicted octanol–water partition coefficient (Wildman–Crippen LogP) is 5.98. The summed E-state index contributed by atoms with van der Waals surface area (Å²) in [5, 5.41) is 3.97. The quantitative estimate of drug-likeness (QED) is 0.501. The highest BCUT2D eigenvalue weighted by Crippen LogP contribution is 2.61. The van der Waals surface area contributed by atoms with Crippen LogP contribution in [-0.2, 0) is 10.2 Å².